The van der Waals surface area contributed by atoms with Crippen LogP contribution < -0.4 is 0 Å². The van der Waals surface area contributed by atoms with Crippen molar-refractivity contribution in [2.75, 3.05) is 14.1 Å². The monoisotopic (exact) mass is 129 g/mol. The second kappa shape index (κ2) is 4.80. The van der Waals surface area contributed by atoms with Gasteiger partial charge in [0.05, 0.1) is 0 Å². The van der Waals surface area contributed by atoms with Crippen molar-refractivity contribution in [1.82, 2.24) is 4.90 Å². The van der Waals surface area contributed by atoms with Gasteiger partial charge in [0, 0.05) is 6.04 Å². The van der Waals surface area contributed by atoms with Crippen LogP contribution in [0.4, 0.5) is 0 Å². The zero-order valence-corrected chi connectivity index (χ0v) is 7.15. The molecule has 0 fully saturated rings. The Morgan fingerprint density at radius 1 is 1.22 bits per heavy atom. The van der Waals surface area contributed by atoms with Gasteiger partial charge in [-0.2, -0.15) is 0 Å². The average Bonchev–Trinajstić information content (AvgIpc) is 1.82. The third kappa shape index (κ3) is 3.52. The van der Waals surface area contributed by atoms with E-state index in [1.165, 1.54) is 19.3 Å². The van der Waals surface area contributed by atoms with Gasteiger partial charge in [-0.15, -0.1) is 0 Å². The highest BCUT2D eigenvalue weighted by atomic mass is 15.1. The molecule has 9 heavy (non-hydrogen) atoms. The fourth-order valence-electron chi connectivity index (χ4n) is 1.16. The maximum atomic E-state index is 2.31. The van der Waals surface area contributed by atoms with E-state index in [1.807, 2.05) is 0 Å². The van der Waals surface area contributed by atoms with Crippen LogP contribution in [0.3, 0.4) is 0 Å². The van der Waals surface area contributed by atoms with Crippen molar-refractivity contribution in [2.45, 2.75) is 39.2 Å². The van der Waals surface area contributed by atoms with E-state index in [2.05, 4.69) is 32.8 Å². The number of hydrogen-bond donors (Lipinski definition) is 0. The molecule has 0 aliphatic carbocycles. The third-order valence-electron chi connectivity index (χ3n) is 1.82. The topological polar surface area (TPSA) is 3.24 Å². The molecule has 0 heterocycles. The molecule has 0 unspecified atom stereocenters. The largest absolute Gasteiger partial charge is 0.306 e. The summed E-state index contributed by atoms with van der Waals surface area (Å²) in [4.78, 5) is 2.31. The second-order valence-corrected chi connectivity index (χ2v) is 2.81. The Labute approximate surface area is 59.1 Å². The Bertz CT molecular complexity index is 59.6. The number of hydrogen-bond acceptors (Lipinski definition) is 1. The number of nitrogens with zero attached hydrogens (tertiary/aromatic N) is 1. The van der Waals surface area contributed by atoms with E-state index < -0.39 is 0 Å². The lowest BCUT2D eigenvalue weighted by Gasteiger charge is -2.21. The van der Waals surface area contributed by atoms with E-state index in [1.54, 1.807) is 0 Å². The first-order chi connectivity index (χ1) is 4.22. The molecule has 56 valence electrons. The molecule has 0 amide bonds. The summed E-state index contributed by atoms with van der Waals surface area (Å²) in [5.74, 6) is 0. The highest BCUT2D eigenvalue weighted by molar-refractivity contribution is 4.61. The van der Waals surface area contributed by atoms with Crippen LogP contribution in [0.2, 0.25) is 0 Å². The molecule has 0 aliphatic rings. The van der Waals surface area contributed by atoms with Crippen LogP contribution in [0.1, 0.15) is 33.1 Å². The van der Waals surface area contributed by atoms with Gasteiger partial charge in [-0.05, 0) is 26.9 Å². The molecule has 0 radical (unpaired) electrons. The Kier molecular flexibility index (Phi) is 4.78. The van der Waals surface area contributed by atoms with E-state index >= 15 is 0 Å². The summed E-state index contributed by atoms with van der Waals surface area (Å²) in [6, 6.07) is 0.801. The summed E-state index contributed by atoms with van der Waals surface area (Å²) in [6.07, 6.45) is 3.92. The maximum absolute atomic E-state index is 2.31. The summed E-state index contributed by atoms with van der Waals surface area (Å²) in [7, 11) is 4.31. The predicted molar refractivity (Wildman–Crippen MR) is 42.7 cm³/mol. The fraction of sp³-hybridized carbons (Fsp3) is 1.00. The Morgan fingerprint density at radius 3 is 1.89 bits per heavy atom. The van der Waals surface area contributed by atoms with Crippen LogP contribution >= 0.6 is 0 Å². The summed E-state index contributed by atoms with van der Waals surface area (Å²) in [5, 5.41) is 0. The normalized spacial score (nSPS) is 14.3. The molecule has 1 nitrogen and oxygen atoms in total. The first-order valence-corrected chi connectivity index (χ1v) is 3.88. The predicted octanol–water partition coefficient (Wildman–Crippen LogP) is 2.13. The molecule has 0 saturated heterocycles. The lowest BCUT2D eigenvalue weighted by molar-refractivity contribution is 0.269. The lowest BCUT2D eigenvalue weighted by atomic mass is 10.1. The highest BCUT2D eigenvalue weighted by Gasteiger charge is 2.05. The van der Waals surface area contributed by atoms with Crippen LogP contribution in [0.5, 0.6) is 0 Å². The van der Waals surface area contributed by atoms with Crippen LogP contribution in [0, 0.1) is 0 Å². The molecule has 1 heteroatoms. The standard InChI is InChI=1S/C8H19N/c1-5-7-8(6-2)9(3)4/h8H,5-7H2,1-4H3/t8-/m1/s1. The SMILES string of the molecule is CCC[C@@H](CC)N(C)C. The van der Waals surface area contributed by atoms with Gasteiger partial charge in [0.1, 0.15) is 0 Å². The van der Waals surface area contributed by atoms with E-state index in [-0.39, 0.29) is 0 Å². The first-order valence-electron chi connectivity index (χ1n) is 3.88. The van der Waals surface area contributed by atoms with E-state index in [0.29, 0.717) is 0 Å². The van der Waals surface area contributed by atoms with Gasteiger partial charge >= 0.3 is 0 Å². The van der Waals surface area contributed by atoms with Gasteiger partial charge in [-0.3, -0.25) is 0 Å². The molecule has 1 atom stereocenters. The molecule has 0 N–H and O–H groups in total. The molecule has 0 rings (SSSR count). The van der Waals surface area contributed by atoms with Crippen LogP contribution in [0.15, 0.2) is 0 Å². The first kappa shape index (κ1) is 8.96. The van der Waals surface area contributed by atoms with Crippen molar-refractivity contribution < 1.29 is 0 Å². The zero-order chi connectivity index (χ0) is 7.28. The molecule has 0 aliphatic heterocycles. The molecule has 0 saturated carbocycles. The van der Waals surface area contributed by atoms with Gasteiger partial charge in [-0.25, -0.2) is 0 Å². The minimum atomic E-state index is 0.801. The van der Waals surface area contributed by atoms with Gasteiger partial charge in [0.15, 0.2) is 0 Å². The van der Waals surface area contributed by atoms with Gasteiger partial charge in [0.25, 0.3) is 0 Å². The summed E-state index contributed by atoms with van der Waals surface area (Å²) in [6.45, 7) is 4.49. The molecular formula is C8H19N. The maximum Gasteiger partial charge on any atom is 0.00864 e. The smallest absolute Gasteiger partial charge is 0.00864 e. The minimum Gasteiger partial charge on any atom is -0.306 e. The van der Waals surface area contributed by atoms with Crippen molar-refractivity contribution in [3.63, 3.8) is 0 Å². The van der Waals surface area contributed by atoms with Crippen LogP contribution in [-0.4, -0.2) is 25.0 Å². The molecule has 0 aromatic carbocycles. The minimum absolute atomic E-state index is 0.801. The highest BCUT2D eigenvalue weighted by Crippen LogP contribution is 2.05. The molecule has 0 spiro atoms. The van der Waals surface area contributed by atoms with E-state index in [4.69, 9.17) is 0 Å². The summed E-state index contributed by atoms with van der Waals surface area (Å²) < 4.78 is 0. The Morgan fingerprint density at radius 2 is 1.78 bits per heavy atom. The quantitative estimate of drug-likeness (QED) is 0.562. The van der Waals surface area contributed by atoms with Crippen molar-refractivity contribution in [1.29, 1.82) is 0 Å². The number of rotatable bonds is 4. The Hall–Kier alpha value is -0.0400. The molecule has 0 aromatic rings. The lowest BCUT2D eigenvalue weighted by Crippen LogP contribution is -2.26. The van der Waals surface area contributed by atoms with Crippen LogP contribution in [0.25, 0.3) is 0 Å². The van der Waals surface area contributed by atoms with E-state index in [9.17, 15) is 0 Å². The average molecular weight is 129 g/mol. The molecule has 0 bridgehead atoms. The van der Waals surface area contributed by atoms with Crippen molar-refractivity contribution in [3.05, 3.63) is 0 Å². The van der Waals surface area contributed by atoms with Gasteiger partial charge in [-0.1, -0.05) is 20.3 Å². The van der Waals surface area contributed by atoms with Crippen molar-refractivity contribution >= 4 is 0 Å². The van der Waals surface area contributed by atoms with E-state index in [0.717, 1.165) is 6.04 Å². The summed E-state index contributed by atoms with van der Waals surface area (Å²) >= 11 is 0. The fourth-order valence-corrected chi connectivity index (χ4v) is 1.16. The second-order valence-electron chi connectivity index (χ2n) is 2.81. The van der Waals surface area contributed by atoms with Crippen molar-refractivity contribution in [2.24, 2.45) is 0 Å². The Balaban J connectivity index is 3.41. The molecule has 0 aromatic heterocycles. The van der Waals surface area contributed by atoms with Crippen molar-refractivity contribution in [3.8, 4) is 0 Å². The van der Waals surface area contributed by atoms with Gasteiger partial charge < -0.3 is 4.90 Å². The third-order valence-corrected chi connectivity index (χ3v) is 1.82. The molecular weight excluding hydrogens is 110 g/mol. The zero-order valence-electron chi connectivity index (χ0n) is 7.15. The van der Waals surface area contributed by atoms with Crippen LogP contribution in [-0.2, 0) is 0 Å². The summed E-state index contributed by atoms with van der Waals surface area (Å²) in [5.41, 5.74) is 0. The van der Waals surface area contributed by atoms with Gasteiger partial charge in [0.2, 0.25) is 0 Å².